The molecule has 0 aliphatic carbocycles. The Kier molecular flexibility index (Phi) is 6.91. The van der Waals surface area contributed by atoms with Crippen LogP contribution in [-0.2, 0) is 25.6 Å². The van der Waals surface area contributed by atoms with Gasteiger partial charge in [0.1, 0.15) is 17.6 Å². The highest BCUT2D eigenvalue weighted by molar-refractivity contribution is 7.99. The van der Waals surface area contributed by atoms with E-state index in [9.17, 15) is 0 Å². The number of rotatable bonds is 6. The van der Waals surface area contributed by atoms with E-state index in [1.54, 1.807) is 11.8 Å². The Bertz CT molecular complexity index is 969. The van der Waals surface area contributed by atoms with Crippen LogP contribution >= 0.6 is 11.8 Å². The zero-order valence-corrected chi connectivity index (χ0v) is 18.9. The van der Waals surface area contributed by atoms with Crippen molar-refractivity contribution in [2.24, 2.45) is 5.92 Å². The van der Waals surface area contributed by atoms with Crippen molar-refractivity contribution in [1.29, 1.82) is 0 Å². The lowest BCUT2D eigenvalue weighted by Gasteiger charge is -2.48. The molecule has 0 spiro atoms. The molecule has 166 valence electrons. The first-order chi connectivity index (χ1) is 15.8. The van der Waals surface area contributed by atoms with Gasteiger partial charge in [0.15, 0.2) is 6.29 Å². The molecule has 0 radical (unpaired) electrons. The molecule has 3 aromatic rings. The van der Waals surface area contributed by atoms with E-state index >= 15 is 0 Å². The Morgan fingerprint density at radius 3 is 2.22 bits per heavy atom. The van der Waals surface area contributed by atoms with Gasteiger partial charge in [0, 0.05) is 16.4 Å². The molecule has 4 nitrogen and oxygen atoms in total. The highest BCUT2D eigenvalue weighted by atomic mass is 32.2. The Hall–Kier alpha value is -2.15. The summed E-state index contributed by atoms with van der Waals surface area (Å²) in [5.74, 6) is 0.139. The van der Waals surface area contributed by atoms with E-state index in [1.165, 1.54) is 4.90 Å². The van der Waals surface area contributed by atoms with Crippen molar-refractivity contribution in [3.63, 3.8) is 0 Å². The fourth-order valence-electron chi connectivity index (χ4n) is 4.27. The Morgan fingerprint density at radius 1 is 0.844 bits per heavy atom. The van der Waals surface area contributed by atoms with Gasteiger partial charge < -0.3 is 18.9 Å². The molecule has 5 heteroatoms. The molecule has 3 aromatic carbocycles. The molecular weight excluding hydrogens is 420 g/mol. The van der Waals surface area contributed by atoms with E-state index < -0.39 is 6.29 Å². The Balaban J connectivity index is 1.36. The largest absolute Gasteiger partial charge is 0.370 e. The molecule has 3 unspecified atom stereocenters. The summed E-state index contributed by atoms with van der Waals surface area (Å²) in [7, 11) is 0. The predicted octanol–water partition coefficient (Wildman–Crippen LogP) is 5.84. The standard InChI is InChI=1S/C27H28O4S/c1-19-24(28-17-20-11-5-2-6-12-20)25-23(30-27(19)32-22-15-9-4-10-16-22)18-29-26(31-25)21-13-7-3-8-14-21/h2-16,19,23-27H,17-18H2,1H3/t19?,23?,24-,25+,26?,27+/m0/s1. The topological polar surface area (TPSA) is 36.9 Å². The highest BCUT2D eigenvalue weighted by Crippen LogP contribution is 2.42. The fourth-order valence-corrected chi connectivity index (χ4v) is 5.42. The van der Waals surface area contributed by atoms with E-state index in [0.29, 0.717) is 13.2 Å². The second-order valence-corrected chi connectivity index (χ2v) is 9.44. The number of hydrogen-bond acceptors (Lipinski definition) is 5. The van der Waals surface area contributed by atoms with E-state index in [4.69, 9.17) is 18.9 Å². The maximum absolute atomic E-state index is 6.53. The zero-order valence-electron chi connectivity index (χ0n) is 18.1. The maximum atomic E-state index is 6.53. The van der Waals surface area contributed by atoms with Gasteiger partial charge in [-0.05, 0) is 17.7 Å². The summed E-state index contributed by atoms with van der Waals surface area (Å²) < 4.78 is 25.6. The number of fused-ring (bicyclic) bond motifs is 1. The third-order valence-electron chi connectivity index (χ3n) is 5.99. The van der Waals surface area contributed by atoms with Gasteiger partial charge in [0.2, 0.25) is 0 Å². The summed E-state index contributed by atoms with van der Waals surface area (Å²) in [6.45, 7) is 3.22. The molecule has 2 heterocycles. The van der Waals surface area contributed by atoms with Crippen molar-refractivity contribution in [2.75, 3.05) is 6.61 Å². The van der Waals surface area contributed by atoms with Crippen molar-refractivity contribution < 1.29 is 18.9 Å². The van der Waals surface area contributed by atoms with Gasteiger partial charge in [-0.2, -0.15) is 0 Å². The fraction of sp³-hybridized carbons (Fsp3) is 0.333. The number of thioether (sulfide) groups is 1. The van der Waals surface area contributed by atoms with Gasteiger partial charge in [-0.1, -0.05) is 97.5 Å². The van der Waals surface area contributed by atoms with Crippen LogP contribution in [-0.4, -0.2) is 30.4 Å². The molecule has 0 amide bonds. The lowest BCUT2D eigenvalue weighted by atomic mass is 9.92. The predicted molar refractivity (Wildman–Crippen MR) is 125 cm³/mol. The van der Waals surface area contributed by atoms with Crippen LogP contribution in [0, 0.1) is 5.92 Å². The lowest BCUT2D eigenvalue weighted by Crippen LogP contribution is -2.58. The molecule has 2 aliphatic heterocycles. The molecular formula is C27H28O4S. The summed E-state index contributed by atoms with van der Waals surface area (Å²) in [5, 5.41) is 0. The first-order valence-corrected chi connectivity index (χ1v) is 12.0. The Morgan fingerprint density at radius 2 is 1.50 bits per heavy atom. The summed E-state index contributed by atoms with van der Waals surface area (Å²) >= 11 is 1.74. The monoisotopic (exact) mass is 448 g/mol. The summed E-state index contributed by atoms with van der Waals surface area (Å²) in [6, 6.07) is 30.7. The molecule has 0 bridgehead atoms. The van der Waals surface area contributed by atoms with Crippen LogP contribution in [0.3, 0.4) is 0 Å². The quantitative estimate of drug-likeness (QED) is 0.474. The van der Waals surface area contributed by atoms with Gasteiger partial charge in [-0.25, -0.2) is 0 Å². The SMILES string of the molecule is CC1[C@@H](Sc2ccccc2)OC2COC(c3ccccc3)O[C@H]2[C@H]1OCc1ccccc1. The average molecular weight is 449 g/mol. The normalized spacial score (nSPS) is 29.9. The molecule has 0 N–H and O–H groups in total. The van der Waals surface area contributed by atoms with Crippen LogP contribution in [0.5, 0.6) is 0 Å². The van der Waals surface area contributed by atoms with Crippen LogP contribution < -0.4 is 0 Å². The molecule has 2 fully saturated rings. The minimum absolute atomic E-state index is 0.0418. The van der Waals surface area contributed by atoms with Crippen LogP contribution in [0.2, 0.25) is 0 Å². The third-order valence-corrected chi connectivity index (χ3v) is 7.31. The van der Waals surface area contributed by atoms with E-state index in [-0.39, 0.29) is 29.7 Å². The van der Waals surface area contributed by atoms with Crippen LogP contribution in [0.1, 0.15) is 24.3 Å². The molecule has 6 atom stereocenters. The van der Waals surface area contributed by atoms with E-state index in [2.05, 4.69) is 43.3 Å². The molecule has 0 aromatic heterocycles. The van der Waals surface area contributed by atoms with Crippen LogP contribution in [0.4, 0.5) is 0 Å². The number of ether oxygens (including phenoxy) is 4. The molecule has 2 aliphatic rings. The van der Waals surface area contributed by atoms with Crippen molar-refractivity contribution in [3.8, 4) is 0 Å². The average Bonchev–Trinajstić information content (AvgIpc) is 2.86. The van der Waals surface area contributed by atoms with E-state index in [0.717, 1.165) is 11.1 Å². The van der Waals surface area contributed by atoms with Gasteiger partial charge in [-0.15, -0.1) is 0 Å². The minimum atomic E-state index is -0.408. The lowest BCUT2D eigenvalue weighted by molar-refractivity contribution is -0.317. The number of benzene rings is 3. The number of hydrogen-bond donors (Lipinski definition) is 0. The second kappa shape index (κ2) is 10.2. The summed E-state index contributed by atoms with van der Waals surface area (Å²) in [6.07, 6.45) is -0.881. The van der Waals surface area contributed by atoms with Gasteiger partial charge in [0.05, 0.1) is 19.3 Å². The first kappa shape index (κ1) is 21.7. The Labute approximate surface area is 193 Å². The van der Waals surface area contributed by atoms with Gasteiger partial charge in [-0.3, -0.25) is 0 Å². The van der Waals surface area contributed by atoms with Crippen molar-refractivity contribution in [3.05, 3.63) is 102 Å². The summed E-state index contributed by atoms with van der Waals surface area (Å²) in [4.78, 5) is 1.18. The second-order valence-electron chi connectivity index (χ2n) is 8.27. The van der Waals surface area contributed by atoms with Crippen molar-refractivity contribution >= 4 is 11.8 Å². The highest BCUT2D eigenvalue weighted by Gasteiger charge is 2.49. The van der Waals surface area contributed by atoms with Crippen molar-refractivity contribution in [1.82, 2.24) is 0 Å². The van der Waals surface area contributed by atoms with Crippen molar-refractivity contribution in [2.45, 2.75) is 48.5 Å². The molecule has 0 saturated carbocycles. The first-order valence-electron chi connectivity index (χ1n) is 11.1. The maximum Gasteiger partial charge on any atom is 0.184 e. The van der Waals surface area contributed by atoms with Gasteiger partial charge in [0.25, 0.3) is 0 Å². The summed E-state index contributed by atoms with van der Waals surface area (Å²) in [5.41, 5.74) is 2.13. The van der Waals surface area contributed by atoms with Crippen LogP contribution in [0.25, 0.3) is 0 Å². The molecule has 2 saturated heterocycles. The molecule has 5 rings (SSSR count). The van der Waals surface area contributed by atoms with E-state index in [1.807, 2.05) is 54.6 Å². The molecule has 32 heavy (non-hydrogen) atoms. The van der Waals surface area contributed by atoms with Gasteiger partial charge >= 0.3 is 0 Å². The van der Waals surface area contributed by atoms with Crippen LogP contribution in [0.15, 0.2) is 95.9 Å². The smallest absolute Gasteiger partial charge is 0.184 e. The zero-order chi connectivity index (χ0) is 21.8. The third kappa shape index (κ3) is 4.92. The minimum Gasteiger partial charge on any atom is -0.370 e.